The summed E-state index contributed by atoms with van der Waals surface area (Å²) in [4.78, 5) is 12.7. The van der Waals surface area contributed by atoms with E-state index in [1.54, 1.807) is 7.11 Å². The zero-order chi connectivity index (χ0) is 20.1. The summed E-state index contributed by atoms with van der Waals surface area (Å²) >= 11 is 0. The SMILES string of the molecule is COc1ccc([C@H](C)NC(=O)c2ccc(S(=O)(=O)N3CCOCC3)cc2)cc1. The number of amides is 1. The van der Waals surface area contributed by atoms with Gasteiger partial charge in [0.05, 0.1) is 31.3 Å². The minimum atomic E-state index is -3.57. The van der Waals surface area contributed by atoms with Gasteiger partial charge in [0.1, 0.15) is 5.75 Å². The fourth-order valence-corrected chi connectivity index (χ4v) is 4.38. The Bertz CT molecular complexity index is 905. The van der Waals surface area contributed by atoms with Gasteiger partial charge in [0.15, 0.2) is 0 Å². The predicted molar refractivity (Wildman–Crippen MR) is 105 cm³/mol. The van der Waals surface area contributed by atoms with E-state index in [4.69, 9.17) is 9.47 Å². The molecule has 0 radical (unpaired) electrons. The van der Waals surface area contributed by atoms with Crippen LogP contribution in [0.5, 0.6) is 5.75 Å². The van der Waals surface area contributed by atoms with Crippen LogP contribution in [0.3, 0.4) is 0 Å². The van der Waals surface area contributed by atoms with E-state index < -0.39 is 10.0 Å². The fourth-order valence-electron chi connectivity index (χ4n) is 2.97. The Labute approximate surface area is 165 Å². The molecule has 1 fully saturated rings. The highest BCUT2D eigenvalue weighted by molar-refractivity contribution is 7.89. The highest BCUT2D eigenvalue weighted by atomic mass is 32.2. The van der Waals surface area contributed by atoms with Crippen molar-refractivity contribution in [3.8, 4) is 5.75 Å². The molecule has 0 unspecified atom stereocenters. The molecular formula is C20H24N2O5S. The Balaban J connectivity index is 1.67. The highest BCUT2D eigenvalue weighted by Crippen LogP contribution is 2.20. The van der Waals surface area contributed by atoms with Crippen LogP contribution in [0.1, 0.15) is 28.9 Å². The zero-order valence-corrected chi connectivity index (χ0v) is 16.7. The van der Waals surface area contributed by atoms with Crippen LogP contribution in [0.25, 0.3) is 0 Å². The minimum absolute atomic E-state index is 0.175. The van der Waals surface area contributed by atoms with Gasteiger partial charge in [-0.3, -0.25) is 4.79 Å². The summed E-state index contributed by atoms with van der Waals surface area (Å²) in [5.41, 5.74) is 1.35. The Morgan fingerprint density at radius 3 is 2.25 bits per heavy atom. The average molecular weight is 404 g/mol. The van der Waals surface area contributed by atoms with Gasteiger partial charge in [-0.25, -0.2) is 8.42 Å². The van der Waals surface area contributed by atoms with Crippen LogP contribution >= 0.6 is 0 Å². The Morgan fingerprint density at radius 2 is 1.68 bits per heavy atom. The standard InChI is InChI=1S/C20H24N2O5S/c1-15(16-3-7-18(26-2)8-4-16)21-20(23)17-5-9-19(10-6-17)28(24,25)22-11-13-27-14-12-22/h3-10,15H,11-14H2,1-2H3,(H,21,23)/t15-/m0/s1. The van der Waals surface area contributed by atoms with Crippen LogP contribution in [-0.4, -0.2) is 52.0 Å². The van der Waals surface area contributed by atoms with Crippen LogP contribution in [0.15, 0.2) is 53.4 Å². The lowest BCUT2D eigenvalue weighted by atomic mass is 10.1. The van der Waals surface area contributed by atoms with Gasteiger partial charge >= 0.3 is 0 Å². The number of morpholine rings is 1. The second-order valence-electron chi connectivity index (χ2n) is 6.51. The van der Waals surface area contributed by atoms with E-state index >= 15 is 0 Å². The molecule has 28 heavy (non-hydrogen) atoms. The molecule has 1 saturated heterocycles. The van der Waals surface area contributed by atoms with Crippen molar-refractivity contribution >= 4 is 15.9 Å². The summed E-state index contributed by atoms with van der Waals surface area (Å²) in [6.07, 6.45) is 0. The van der Waals surface area contributed by atoms with Crippen molar-refractivity contribution in [1.29, 1.82) is 0 Å². The number of methoxy groups -OCH3 is 1. The topological polar surface area (TPSA) is 84.9 Å². The summed E-state index contributed by atoms with van der Waals surface area (Å²) in [5, 5.41) is 2.92. The minimum Gasteiger partial charge on any atom is -0.497 e. The second kappa shape index (κ2) is 8.72. The van der Waals surface area contributed by atoms with Crippen molar-refractivity contribution in [1.82, 2.24) is 9.62 Å². The van der Waals surface area contributed by atoms with Crippen LogP contribution in [0, 0.1) is 0 Å². The summed E-state index contributed by atoms with van der Waals surface area (Å²) in [7, 11) is -1.97. The van der Waals surface area contributed by atoms with Crippen molar-refractivity contribution in [3.05, 3.63) is 59.7 Å². The molecule has 1 aliphatic heterocycles. The summed E-state index contributed by atoms with van der Waals surface area (Å²) < 4.78 is 37.0. The summed E-state index contributed by atoms with van der Waals surface area (Å²) in [6, 6.07) is 13.3. The van der Waals surface area contributed by atoms with E-state index in [2.05, 4.69) is 5.32 Å². The monoisotopic (exact) mass is 404 g/mol. The average Bonchev–Trinajstić information content (AvgIpc) is 2.74. The zero-order valence-electron chi connectivity index (χ0n) is 15.9. The van der Waals surface area contributed by atoms with Gasteiger partial charge in [-0.1, -0.05) is 12.1 Å². The molecule has 150 valence electrons. The van der Waals surface area contributed by atoms with E-state index in [1.165, 1.54) is 28.6 Å². The van der Waals surface area contributed by atoms with Gasteiger partial charge in [-0.15, -0.1) is 0 Å². The number of nitrogens with zero attached hydrogens (tertiary/aromatic N) is 1. The van der Waals surface area contributed by atoms with E-state index in [9.17, 15) is 13.2 Å². The quantitative estimate of drug-likeness (QED) is 0.798. The lowest BCUT2D eigenvalue weighted by Crippen LogP contribution is -2.40. The van der Waals surface area contributed by atoms with Gasteiger partial charge < -0.3 is 14.8 Å². The first-order valence-corrected chi connectivity index (χ1v) is 10.5. The van der Waals surface area contributed by atoms with Gasteiger partial charge in [0.2, 0.25) is 10.0 Å². The molecule has 1 atom stereocenters. The fraction of sp³-hybridized carbons (Fsp3) is 0.350. The molecule has 1 amide bonds. The Hall–Kier alpha value is -2.42. The molecule has 2 aromatic carbocycles. The maximum absolute atomic E-state index is 12.6. The van der Waals surface area contributed by atoms with E-state index in [-0.39, 0.29) is 16.8 Å². The second-order valence-corrected chi connectivity index (χ2v) is 8.45. The third-order valence-corrected chi connectivity index (χ3v) is 6.60. The molecule has 8 heteroatoms. The molecule has 0 spiro atoms. The normalized spacial score (nSPS) is 16.4. The van der Waals surface area contributed by atoms with Crippen LogP contribution < -0.4 is 10.1 Å². The van der Waals surface area contributed by atoms with E-state index in [0.717, 1.165) is 11.3 Å². The van der Waals surface area contributed by atoms with Crippen molar-refractivity contribution in [2.75, 3.05) is 33.4 Å². The molecule has 2 aromatic rings. The number of ether oxygens (including phenoxy) is 2. The summed E-state index contributed by atoms with van der Waals surface area (Å²) in [5.74, 6) is 0.484. The van der Waals surface area contributed by atoms with Crippen molar-refractivity contribution < 1.29 is 22.7 Å². The predicted octanol–water partition coefficient (Wildman–Crippen LogP) is 2.21. The third-order valence-electron chi connectivity index (χ3n) is 4.69. The van der Waals surface area contributed by atoms with Gasteiger partial charge in [-0.2, -0.15) is 4.31 Å². The maximum Gasteiger partial charge on any atom is 0.251 e. The number of hydrogen-bond acceptors (Lipinski definition) is 5. The number of nitrogens with one attached hydrogen (secondary N) is 1. The van der Waals surface area contributed by atoms with E-state index in [1.807, 2.05) is 31.2 Å². The number of rotatable bonds is 6. The molecule has 1 heterocycles. The largest absolute Gasteiger partial charge is 0.497 e. The number of benzene rings is 2. The first-order valence-electron chi connectivity index (χ1n) is 9.04. The van der Waals surface area contributed by atoms with Gasteiger partial charge in [-0.05, 0) is 48.9 Å². The molecule has 1 N–H and O–H groups in total. The number of carbonyl (C=O) groups excluding carboxylic acids is 1. The Morgan fingerprint density at radius 1 is 1.07 bits per heavy atom. The first-order chi connectivity index (χ1) is 13.4. The van der Waals surface area contributed by atoms with Gasteiger partial charge in [0.25, 0.3) is 5.91 Å². The van der Waals surface area contributed by atoms with Crippen LogP contribution in [-0.2, 0) is 14.8 Å². The molecule has 1 aliphatic rings. The summed E-state index contributed by atoms with van der Waals surface area (Å²) in [6.45, 7) is 3.34. The van der Waals surface area contributed by atoms with Crippen molar-refractivity contribution in [2.45, 2.75) is 17.9 Å². The van der Waals surface area contributed by atoms with E-state index in [0.29, 0.717) is 31.9 Å². The van der Waals surface area contributed by atoms with Crippen LogP contribution in [0.2, 0.25) is 0 Å². The van der Waals surface area contributed by atoms with Gasteiger partial charge in [0, 0.05) is 18.7 Å². The first kappa shape index (κ1) is 20.3. The molecular weight excluding hydrogens is 380 g/mol. The molecule has 0 saturated carbocycles. The number of sulfonamides is 1. The molecule has 0 aliphatic carbocycles. The lowest BCUT2D eigenvalue weighted by molar-refractivity contribution is 0.0730. The van der Waals surface area contributed by atoms with Crippen molar-refractivity contribution in [2.24, 2.45) is 0 Å². The van der Waals surface area contributed by atoms with Crippen molar-refractivity contribution in [3.63, 3.8) is 0 Å². The maximum atomic E-state index is 12.6. The Kier molecular flexibility index (Phi) is 6.33. The third kappa shape index (κ3) is 4.52. The molecule has 0 aromatic heterocycles. The molecule has 3 rings (SSSR count). The lowest BCUT2D eigenvalue weighted by Gasteiger charge is -2.26. The number of hydrogen-bond donors (Lipinski definition) is 1. The van der Waals surface area contributed by atoms with Crippen LogP contribution in [0.4, 0.5) is 0 Å². The molecule has 7 nitrogen and oxygen atoms in total. The smallest absolute Gasteiger partial charge is 0.251 e. The highest BCUT2D eigenvalue weighted by Gasteiger charge is 2.26. The number of carbonyl (C=O) groups is 1. The molecule has 0 bridgehead atoms.